The Labute approximate surface area is 98.4 Å². The summed E-state index contributed by atoms with van der Waals surface area (Å²) >= 11 is 5.74. The number of halogens is 1. The highest BCUT2D eigenvalue weighted by molar-refractivity contribution is 6.18. The molecule has 1 fully saturated rings. The van der Waals surface area contributed by atoms with Crippen molar-refractivity contribution in [3.63, 3.8) is 0 Å². The Morgan fingerprint density at radius 1 is 1.56 bits per heavy atom. The van der Waals surface area contributed by atoms with E-state index in [9.17, 15) is 4.79 Å². The van der Waals surface area contributed by atoms with Crippen LogP contribution in [-0.4, -0.2) is 35.6 Å². The maximum absolute atomic E-state index is 11.7. The molecule has 1 amide bonds. The van der Waals surface area contributed by atoms with Gasteiger partial charge >= 0.3 is 0 Å². The maximum Gasteiger partial charge on any atom is 0.233 e. The number of anilines is 1. The Morgan fingerprint density at radius 2 is 2.38 bits per heavy atom. The van der Waals surface area contributed by atoms with Crippen LogP contribution in [0.5, 0.6) is 5.88 Å². The fourth-order valence-electron chi connectivity index (χ4n) is 1.67. The molecule has 0 radical (unpaired) electrons. The van der Waals surface area contributed by atoms with E-state index < -0.39 is 0 Å². The quantitative estimate of drug-likeness (QED) is 0.743. The number of aromatic nitrogens is 2. The number of hydrogen-bond donors (Lipinski definition) is 0. The third kappa shape index (κ3) is 2.09. The monoisotopic (exact) mass is 241 g/mol. The van der Waals surface area contributed by atoms with Gasteiger partial charge in [-0.05, 0) is 12.0 Å². The normalized spacial score (nSPS) is 20.2. The Hall–Kier alpha value is -1.36. The Balaban J connectivity index is 2.15. The van der Waals surface area contributed by atoms with Crippen LogP contribution in [0.15, 0.2) is 12.1 Å². The molecule has 16 heavy (non-hydrogen) atoms. The summed E-state index contributed by atoms with van der Waals surface area (Å²) in [5.74, 6) is 1.73. The standard InChI is InChI=1S/C10H12ClN3O2/c1-16-9-3-2-8(12-13-9)14-6-7(5-11)4-10(14)15/h2-3,7H,4-6H2,1H3. The van der Waals surface area contributed by atoms with Crippen LogP contribution >= 0.6 is 11.6 Å². The number of amides is 1. The fraction of sp³-hybridized carbons (Fsp3) is 0.500. The minimum atomic E-state index is 0.0464. The second kappa shape index (κ2) is 4.65. The first-order valence-electron chi connectivity index (χ1n) is 4.98. The molecule has 2 rings (SSSR count). The molecule has 1 atom stereocenters. The Bertz CT molecular complexity index is 382. The summed E-state index contributed by atoms with van der Waals surface area (Å²) in [7, 11) is 1.52. The smallest absolute Gasteiger partial charge is 0.233 e. The van der Waals surface area contributed by atoms with Crippen LogP contribution in [-0.2, 0) is 4.79 Å². The van der Waals surface area contributed by atoms with Crippen molar-refractivity contribution in [2.24, 2.45) is 5.92 Å². The van der Waals surface area contributed by atoms with Crippen molar-refractivity contribution in [2.45, 2.75) is 6.42 Å². The topological polar surface area (TPSA) is 55.3 Å². The molecule has 1 aromatic heterocycles. The van der Waals surface area contributed by atoms with E-state index in [0.717, 1.165) is 0 Å². The summed E-state index contributed by atoms with van der Waals surface area (Å²) in [6.07, 6.45) is 0.483. The van der Waals surface area contributed by atoms with Gasteiger partial charge in [-0.2, -0.15) is 0 Å². The highest BCUT2D eigenvalue weighted by Gasteiger charge is 2.30. The van der Waals surface area contributed by atoms with E-state index in [1.807, 2.05) is 0 Å². The van der Waals surface area contributed by atoms with Gasteiger partial charge in [-0.3, -0.25) is 9.69 Å². The summed E-state index contributed by atoms with van der Waals surface area (Å²) in [4.78, 5) is 13.3. The van der Waals surface area contributed by atoms with Gasteiger partial charge in [0, 0.05) is 24.9 Å². The van der Waals surface area contributed by atoms with Crippen LogP contribution in [0.4, 0.5) is 5.82 Å². The van der Waals surface area contributed by atoms with Crippen molar-refractivity contribution in [1.29, 1.82) is 0 Å². The van der Waals surface area contributed by atoms with Crippen molar-refractivity contribution in [2.75, 3.05) is 24.4 Å². The number of carbonyl (C=O) groups is 1. The predicted molar refractivity (Wildman–Crippen MR) is 59.8 cm³/mol. The van der Waals surface area contributed by atoms with Crippen LogP contribution in [0.1, 0.15) is 6.42 Å². The molecule has 5 nitrogen and oxygen atoms in total. The third-order valence-electron chi connectivity index (χ3n) is 2.54. The molecule has 86 valence electrons. The molecule has 6 heteroatoms. The summed E-state index contributed by atoms with van der Waals surface area (Å²) < 4.78 is 4.90. The van der Waals surface area contributed by atoms with Gasteiger partial charge in [0.25, 0.3) is 0 Å². The second-order valence-electron chi connectivity index (χ2n) is 3.66. The van der Waals surface area contributed by atoms with Crippen LogP contribution < -0.4 is 9.64 Å². The summed E-state index contributed by atoms with van der Waals surface area (Å²) in [5.41, 5.74) is 0. The molecule has 0 spiro atoms. The van der Waals surface area contributed by atoms with E-state index in [1.54, 1.807) is 17.0 Å². The lowest BCUT2D eigenvalue weighted by Crippen LogP contribution is -2.25. The van der Waals surface area contributed by atoms with E-state index in [4.69, 9.17) is 16.3 Å². The van der Waals surface area contributed by atoms with Crippen molar-refractivity contribution >= 4 is 23.3 Å². The lowest BCUT2D eigenvalue weighted by atomic mass is 10.1. The highest BCUT2D eigenvalue weighted by atomic mass is 35.5. The second-order valence-corrected chi connectivity index (χ2v) is 3.97. The van der Waals surface area contributed by atoms with Crippen LogP contribution in [0, 0.1) is 5.92 Å². The molecule has 1 saturated heterocycles. The highest BCUT2D eigenvalue weighted by Crippen LogP contribution is 2.24. The third-order valence-corrected chi connectivity index (χ3v) is 2.97. The van der Waals surface area contributed by atoms with Crippen molar-refractivity contribution in [3.8, 4) is 5.88 Å². The average Bonchev–Trinajstić information content (AvgIpc) is 2.71. The van der Waals surface area contributed by atoms with Gasteiger partial charge in [0.05, 0.1) is 7.11 Å². The summed E-state index contributed by atoms with van der Waals surface area (Å²) in [5, 5.41) is 7.77. The zero-order valence-corrected chi connectivity index (χ0v) is 9.65. The number of methoxy groups -OCH3 is 1. The Kier molecular flexibility index (Phi) is 3.24. The van der Waals surface area contributed by atoms with Gasteiger partial charge in [-0.1, -0.05) is 0 Å². The lowest BCUT2D eigenvalue weighted by Gasteiger charge is -2.14. The number of ether oxygens (including phenoxy) is 1. The largest absolute Gasteiger partial charge is 0.480 e. The number of nitrogens with zero attached hydrogens (tertiary/aromatic N) is 3. The zero-order valence-electron chi connectivity index (χ0n) is 8.89. The summed E-state index contributed by atoms with van der Waals surface area (Å²) in [6.45, 7) is 0.614. The molecule has 1 aliphatic rings. The molecule has 1 unspecified atom stereocenters. The first-order valence-corrected chi connectivity index (χ1v) is 5.52. The zero-order chi connectivity index (χ0) is 11.5. The molecule has 0 bridgehead atoms. The van der Waals surface area contributed by atoms with Gasteiger partial charge in [0.2, 0.25) is 11.8 Å². The van der Waals surface area contributed by atoms with E-state index in [0.29, 0.717) is 30.5 Å². The minimum absolute atomic E-state index is 0.0464. The SMILES string of the molecule is COc1ccc(N2CC(CCl)CC2=O)nn1. The van der Waals surface area contributed by atoms with Gasteiger partial charge in [0.1, 0.15) is 0 Å². The molecular formula is C10H12ClN3O2. The fourth-order valence-corrected chi connectivity index (χ4v) is 1.88. The van der Waals surface area contributed by atoms with E-state index in [1.165, 1.54) is 7.11 Å². The van der Waals surface area contributed by atoms with Crippen LogP contribution in [0.2, 0.25) is 0 Å². The minimum Gasteiger partial charge on any atom is -0.480 e. The molecule has 0 saturated carbocycles. The molecule has 0 aromatic carbocycles. The molecule has 0 aliphatic carbocycles. The van der Waals surface area contributed by atoms with Gasteiger partial charge in [-0.25, -0.2) is 0 Å². The molecular weight excluding hydrogens is 230 g/mol. The van der Waals surface area contributed by atoms with E-state index >= 15 is 0 Å². The number of hydrogen-bond acceptors (Lipinski definition) is 4. The molecule has 1 aromatic rings. The predicted octanol–water partition coefficient (Wildman–Crippen LogP) is 1.08. The van der Waals surface area contributed by atoms with E-state index in [-0.39, 0.29) is 11.8 Å². The molecule has 0 N–H and O–H groups in total. The van der Waals surface area contributed by atoms with Crippen LogP contribution in [0.3, 0.4) is 0 Å². The lowest BCUT2D eigenvalue weighted by molar-refractivity contribution is -0.117. The van der Waals surface area contributed by atoms with E-state index in [2.05, 4.69) is 10.2 Å². The van der Waals surface area contributed by atoms with Gasteiger partial charge < -0.3 is 4.74 Å². The molecule has 1 aliphatic heterocycles. The summed E-state index contributed by atoms with van der Waals surface area (Å²) in [6, 6.07) is 3.41. The Morgan fingerprint density at radius 3 is 2.88 bits per heavy atom. The van der Waals surface area contributed by atoms with Crippen LogP contribution in [0.25, 0.3) is 0 Å². The maximum atomic E-state index is 11.7. The van der Waals surface area contributed by atoms with Crippen molar-refractivity contribution in [1.82, 2.24) is 10.2 Å². The van der Waals surface area contributed by atoms with Gasteiger partial charge in [0.15, 0.2) is 5.82 Å². The number of carbonyl (C=O) groups excluding carboxylic acids is 1. The first kappa shape index (κ1) is 11.1. The number of rotatable bonds is 3. The van der Waals surface area contributed by atoms with Crippen molar-refractivity contribution in [3.05, 3.63) is 12.1 Å². The first-order chi connectivity index (χ1) is 7.74. The van der Waals surface area contributed by atoms with Crippen molar-refractivity contribution < 1.29 is 9.53 Å². The van der Waals surface area contributed by atoms with Gasteiger partial charge in [-0.15, -0.1) is 21.8 Å². The molecule has 2 heterocycles. The average molecular weight is 242 g/mol. The number of alkyl halides is 1.